The van der Waals surface area contributed by atoms with Gasteiger partial charge in [0.2, 0.25) is 0 Å². The fourth-order valence-electron chi connectivity index (χ4n) is 3.03. The van der Waals surface area contributed by atoms with E-state index in [1.54, 1.807) is 0 Å². The van der Waals surface area contributed by atoms with Gasteiger partial charge in [0.25, 0.3) is 0 Å². The molecule has 0 fully saturated rings. The van der Waals surface area contributed by atoms with E-state index in [1.165, 1.54) is 0 Å². The van der Waals surface area contributed by atoms with Crippen LogP contribution in [-0.2, 0) is 9.59 Å². The molecule has 0 aliphatic heterocycles. The van der Waals surface area contributed by atoms with Crippen LogP contribution in [0, 0.1) is 10.8 Å². The predicted molar refractivity (Wildman–Crippen MR) is 115 cm³/mol. The second-order valence-electron chi connectivity index (χ2n) is 8.13. The van der Waals surface area contributed by atoms with Gasteiger partial charge in [-0.25, -0.2) is 0 Å². The monoisotopic (exact) mass is 436 g/mol. The topological polar surface area (TPSA) is 156 Å². The Morgan fingerprint density at radius 1 is 0.533 bits per heavy atom. The number of aliphatic hydroxyl groups excluding tert-OH is 4. The number of carboxylic acid groups (broad SMARTS) is 2. The highest BCUT2D eigenvalue weighted by Gasteiger charge is 2.37. The van der Waals surface area contributed by atoms with Crippen molar-refractivity contribution in [3.8, 4) is 0 Å². The Hall–Kier alpha value is -1.22. The second kappa shape index (κ2) is 18.5. The lowest BCUT2D eigenvalue weighted by Crippen LogP contribution is -2.38. The van der Waals surface area contributed by atoms with E-state index in [-0.39, 0.29) is 0 Å². The number of unbranched alkanes of at least 4 members (excludes halogenated alkanes) is 8. The highest BCUT2D eigenvalue weighted by Crippen LogP contribution is 2.25. The Balaban J connectivity index is 0. The van der Waals surface area contributed by atoms with Gasteiger partial charge in [0, 0.05) is 0 Å². The largest absolute Gasteiger partial charge is 0.481 e. The maximum absolute atomic E-state index is 10.9. The van der Waals surface area contributed by atoms with Crippen molar-refractivity contribution >= 4 is 11.9 Å². The molecule has 180 valence electrons. The van der Waals surface area contributed by atoms with Crippen LogP contribution in [-0.4, -0.2) is 69.0 Å². The number of carbonyl (C=O) groups is 2. The minimum absolute atomic E-state index is 0.346. The molecule has 8 nitrogen and oxygen atoms in total. The molecule has 6 N–H and O–H groups in total. The first-order valence-corrected chi connectivity index (χ1v) is 11.2. The molecule has 0 saturated heterocycles. The average Bonchev–Trinajstić information content (AvgIpc) is 2.74. The van der Waals surface area contributed by atoms with Gasteiger partial charge in [-0.05, 0) is 12.8 Å². The van der Waals surface area contributed by atoms with E-state index in [4.69, 9.17) is 30.6 Å². The maximum Gasteiger partial charge on any atom is 0.314 e. The molecule has 0 unspecified atom stereocenters. The lowest BCUT2D eigenvalue weighted by molar-refractivity contribution is -0.156. The van der Waals surface area contributed by atoms with Crippen LogP contribution in [0.15, 0.2) is 0 Å². The summed E-state index contributed by atoms with van der Waals surface area (Å²) in [5.74, 6) is -2.22. The van der Waals surface area contributed by atoms with Crippen LogP contribution < -0.4 is 0 Å². The molecule has 0 aliphatic carbocycles. The highest BCUT2D eigenvalue weighted by molar-refractivity contribution is 5.75. The zero-order valence-corrected chi connectivity index (χ0v) is 18.8. The van der Waals surface area contributed by atoms with Gasteiger partial charge in [0.15, 0.2) is 0 Å². The van der Waals surface area contributed by atoms with Crippen molar-refractivity contribution in [2.24, 2.45) is 10.8 Å². The standard InChI is InChI=1S/2C11H22O4/c2*1-2-3-4-5-6-7-11(8-12,9-13)10(14)15/h2*12-13H,2-9H2,1H3,(H,14,15). The molecule has 0 aromatic heterocycles. The summed E-state index contributed by atoms with van der Waals surface area (Å²) in [6.45, 7) is 2.25. The van der Waals surface area contributed by atoms with E-state index in [1.807, 2.05) is 0 Å². The van der Waals surface area contributed by atoms with Crippen molar-refractivity contribution in [2.75, 3.05) is 26.4 Å². The molecule has 0 heterocycles. The number of rotatable bonds is 18. The normalized spacial score (nSPS) is 11.7. The predicted octanol–water partition coefficient (Wildman–Crippen LogP) is 2.81. The van der Waals surface area contributed by atoms with Gasteiger partial charge in [-0.3, -0.25) is 9.59 Å². The third-order valence-corrected chi connectivity index (χ3v) is 5.64. The zero-order valence-electron chi connectivity index (χ0n) is 18.8. The minimum Gasteiger partial charge on any atom is -0.481 e. The van der Waals surface area contributed by atoms with Crippen molar-refractivity contribution in [3.63, 3.8) is 0 Å². The van der Waals surface area contributed by atoms with Gasteiger partial charge in [0.1, 0.15) is 10.8 Å². The number of aliphatic hydroxyl groups is 4. The van der Waals surface area contributed by atoms with Gasteiger partial charge >= 0.3 is 11.9 Å². The first-order chi connectivity index (χ1) is 14.3. The van der Waals surface area contributed by atoms with Gasteiger partial charge < -0.3 is 30.6 Å². The fraction of sp³-hybridized carbons (Fsp3) is 0.909. The molecule has 0 atom stereocenters. The van der Waals surface area contributed by atoms with Crippen LogP contribution in [0.3, 0.4) is 0 Å². The molecular formula is C22H44O8. The molecular weight excluding hydrogens is 392 g/mol. The van der Waals surface area contributed by atoms with E-state index >= 15 is 0 Å². The molecule has 0 aromatic carbocycles. The van der Waals surface area contributed by atoms with E-state index in [0.29, 0.717) is 12.8 Å². The number of aliphatic carboxylic acids is 2. The molecule has 0 amide bonds. The van der Waals surface area contributed by atoms with Crippen LogP contribution in [0.25, 0.3) is 0 Å². The Morgan fingerprint density at radius 2 is 0.800 bits per heavy atom. The molecule has 0 saturated carbocycles. The first-order valence-electron chi connectivity index (χ1n) is 11.2. The minimum atomic E-state index is -1.34. The molecule has 0 aliphatic rings. The van der Waals surface area contributed by atoms with Crippen LogP contribution >= 0.6 is 0 Å². The Labute approximate surface area is 180 Å². The van der Waals surface area contributed by atoms with Crippen molar-refractivity contribution in [2.45, 2.75) is 90.9 Å². The summed E-state index contributed by atoms with van der Waals surface area (Å²) in [4.78, 5) is 21.8. The average molecular weight is 437 g/mol. The van der Waals surface area contributed by atoms with Gasteiger partial charge in [-0.2, -0.15) is 0 Å². The lowest BCUT2D eigenvalue weighted by Gasteiger charge is -2.24. The van der Waals surface area contributed by atoms with E-state index < -0.39 is 49.2 Å². The summed E-state index contributed by atoms with van der Waals surface area (Å²) in [5.41, 5.74) is -2.68. The molecule has 0 rings (SSSR count). The maximum atomic E-state index is 10.9. The van der Waals surface area contributed by atoms with Crippen LogP contribution in [0.1, 0.15) is 90.9 Å². The van der Waals surface area contributed by atoms with Crippen molar-refractivity contribution in [1.29, 1.82) is 0 Å². The Morgan fingerprint density at radius 3 is 1.00 bits per heavy atom. The van der Waals surface area contributed by atoms with E-state index in [0.717, 1.165) is 64.2 Å². The lowest BCUT2D eigenvalue weighted by atomic mass is 9.84. The van der Waals surface area contributed by atoms with E-state index in [2.05, 4.69) is 13.8 Å². The highest BCUT2D eigenvalue weighted by atomic mass is 16.4. The van der Waals surface area contributed by atoms with E-state index in [9.17, 15) is 9.59 Å². The van der Waals surface area contributed by atoms with Crippen LogP contribution in [0.4, 0.5) is 0 Å². The molecule has 0 spiro atoms. The third kappa shape index (κ3) is 11.8. The Bertz CT molecular complexity index is 391. The number of carboxylic acids is 2. The second-order valence-corrected chi connectivity index (χ2v) is 8.13. The summed E-state index contributed by atoms with van der Waals surface area (Å²) in [7, 11) is 0. The molecule has 8 heteroatoms. The molecule has 0 aromatic rings. The molecule has 0 bridgehead atoms. The first kappa shape index (κ1) is 31.0. The van der Waals surface area contributed by atoms with Crippen LogP contribution in [0.5, 0.6) is 0 Å². The quantitative estimate of drug-likeness (QED) is 0.179. The van der Waals surface area contributed by atoms with Gasteiger partial charge in [0.05, 0.1) is 26.4 Å². The Kier molecular flexibility index (Phi) is 19.1. The summed E-state index contributed by atoms with van der Waals surface area (Å²) < 4.78 is 0. The number of hydrogen-bond acceptors (Lipinski definition) is 6. The van der Waals surface area contributed by atoms with Crippen molar-refractivity contribution in [1.82, 2.24) is 0 Å². The van der Waals surface area contributed by atoms with Crippen molar-refractivity contribution < 1.29 is 40.2 Å². The third-order valence-electron chi connectivity index (χ3n) is 5.64. The van der Waals surface area contributed by atoms with Gasteiger partial charge in [-0.1, -0.05) is 78.1 Å². The summed E-state index contributed by atoms with van der Waals surface area (Å²) >= 11 is 0. The number of hydrogen-bond donors (Lipinski definition) is 6. The smallest absolute Gasteiger partial charge is 0.314 e. The summed E-state index contributed by atoms with van der Waals surface area (Å²) in [5, 5.41) is 53.8. The van der Waals surface area contributed by atoms with Crippen molar-refractivity contribution in [3.05, 3.63) is 0 Å². The summed E-state index contributed by atoms with van der Waals surface area (Å²) in [6, 6.07) is 0. The molecule has 0 radical (unpaired) electrons. The van der Waals surface area contributed by atoms with Gasteiger partial charge in [-0.15, -0.1) is 0 Å². The fourth-order valence-corrected chi connectivity index (χ4v) is 3.03. The summed E-state index contributed by atoms with van der Waals surface area (Å²) in [6.07, 6.45) is 10.9. The molecule has 30 heavy (non-hydrogen) atoms. The zero-order chi connectivity index (χ0) is 23.5. The SMILES string of the molecule is CCCCCCCC(CO)(CO)C(=O)O.CCCCCCCC(CO)(CO)C(=O)O. The van der Waals surface area contributed by atoms with Crippen LogP contribution in [0.2, 0.25) is 0 Å².